The topological polar surface area (TPSA) is 75.9 Å². The van der Waals surface area contributed by atoms with Gasteiger partial charge in [0.25, 0.3) is 0 Å². The Morgan fingerprint density at radius 3 is 2.60 bits per heavy atom. The summed E-state index contributed by atoms with van der Waals surface area (Å²) in [4.78, 5) is 8.78. The van der Waals surface area contributed by atoms with Crippen LogP contribution >= 0.6 is 0 Å². The molecule has 0 saturated heterocycles. The number of hydrogen-bond acceptors (Lipinski definition) is 6. The molecule has 1 unspecified atom stereocenters. The van der Waals surface area contributed by atoms with Gasteiger partial charge in [0.05, 0.1) is 11.7 Å². The Balaban J connectivity index is 2.21. The molecule has 0 aliphatic carbocycles. The highest BCUT2D eigenvalue weighted by molar-refractivity contribution is 5.44. The summed E-state index contributed by atoms with van der Waals surface area (Å²) in [5.74, 6) is 2.27. The quantitative estimate of drug-likeness (QED) is 0.873. The molecule has 2 aromatic rings. The van der Waals surface area contributed by atoms with Gasteiger partial charge in [0.1, 0.15) is 11.6 Å². The molecule has 0 bridgehead atoms. The van der Waals surface area contributed by atoms with Gasteiger partial charge >= 0.3 is 0 Å². The average molecular weight is 275 g/mol. The molecular weight excluding hydrogens is 254 g/mol. The molecular formula is C14H21N5O. The van der Waals surface area contributed by atoms with Crippen LogP contribution in [0.5, 0.6) is 0 Å². The summed E-state index contributed by atoms with van der Waals surface area (Å²) in [5.41, 5.74) is 2.90. The number of aryl methyl sites for hydroxylation is 3. The zero-order chi connectivity index (χ0) is 14.7. The molecule has 0 fully saturated rings. The van der Waals surface area contributed by atoms with Gasteiger partial charge < -0.3 is 15.2 Å². The molecule has 1 atom stereocenters. The number of nitrogens with one attached hydrogen (secondary N) is 2. The number of anilines is 2. The second kappa shape index (κ2) is 5.90. The highest BCUT2D eigenvalue weighted by Gasteiger charge is 2.17. The Kier molecular flexibility index (Phi) is 4.22. The van der Waals surface area contributed by atoms with Gasteiger partial charge in [0.15, 0.2) is 0 Å². The van der Waals surface area contributed by atoms with Crippen molar-refractivity contribution in [2.24, 2.45) is 0 Å². The van der Waals surface area contributed by atoms with Gasteiger partial charge in [-0.2, -0.15) is 4.98 Å². The minimum atomic E-state index is 0.0741. The summed E-state index contributed by atoms with van der Waals surface area (Å²) in [7, 11) is 0. The van der Waals surface area contributed by atoms with Crippen LogP contribution in [0.25, 0.3) is 0 Å². The van der Waals surface area contributed by atoms with Crippen molar-refractivity contribution in [2.75, 3.05) is 17.2 Å². The number of aromatic nitrogens is 3. The van der Waals surface area contributed by atoms with Gasteiger partial charge in [-0.3, -0.25) is 0 Å². The van der Waals surface area contributed by atoms with E-state index < -0.39 is 0 Å². The molecule has 0 spiro atoms. The molecule has 0 radical (unpaired) electrons. The van der Waals surface area contributed by atoms with E-state index >= 15 is 0 Å². The predicted octanol–water partition coefficient (Wildman–Crippen LogP) is 2.99. The Labute approximate surface area is 119 Å². The highest BCUT2D eigenvalue weighted by atomic mass is 16.5. The minimum absolute atomic E-state index is 0.0741. The summed E-state index contributed by atoms with van der Waals surface area (Å²) in [6, 6.07) is 2.00. The standard InChI is InChI=1S/C14H21N5O/c1-6-15-14-16-8(2)7-12(18-14)17-9(3)13-10(4)19-20-11(13)5/h7,9H,6H2,1-5H3,(H2,15,16,17,18). The summed E-state index contributed by atoms with van der Waals surface area (Å²) in [5, 5.41) is 10.5. The van der Waals surface area contributed by atoms with Crippen LogP contribution in [0.4, 0.5) is 11.8 Å². The molecule has 0 saturated carbocycles. The van der Waals surface area contributed by atoms with E-state index in [2.05, 4.69) is 32.7 Å². The molecule has 0 aliphatic heterocycles. The van der Waals surface area contributed by atoms with Gasteiger partial charge in [-0.1, -0.05) is 5.16 Å². The van der Waals surface area contributed by atoms with Crippen LogP contribution in [0.2, 0.25) is 0 Å². The van der Waals surface area contributed by atoms with Crippen LogP contribution in [0.1, 0.15) is 42.6 Å². The van der Waals surface area contributed by atoms with Gasteiger partial charge in [0.2, 0.25) is 5.95 Å². The Bertz CT molecular complexity index is 574. The largest absolute Gasteiger partial charge is 0.363 e. The molecule has 2 heterocycles. The lowest BCUT2D eigenvalue weighted by Gasteiger charge is -2.15. The molecule has 0 amide bonds. The summed E-state index contributed by atoms with van der Waals surface area (Å²) < 4.78 is 5.21. The second-order valence-electron chi connectivity index (χ2n) is 4.85. The lowest BCUT2D eigenvalue weighted by atomic mass is 10.1. The molecule has 0 aliphatic rings. The van der Waals surface area contributed by atoms with Gasteiger partial charge in [-0.05, 0) is 34.6 Å². The summed E-state index contributed by atoms with van der Waals surface area (Å²) in [6.45, 7) is 10.7. The maximum absolute atomic E-state index is 5.21. The van der Waals surface area contributed by atoms with Crippen molar-refractivity contribution in [2.45, 2.75) is 40.7 Å². The third-order valence-corrected chi connectivity index (χ3v) is 3.08. The lowest BCUT2D eigenvalue weighted by Crippen LogP contribution is -2.12. The van der Waals surface area contributed by atoms with Crippen molar-refractivity contribution in [3.05, 3.63) is 28.8 Å². The molecule has 20 heavy (non-hydrogen) atoms. The molecule has 2 aromatic heterocycles. The van der Waals surface area contributed by atoms with Crippen molar-refractivity contribution < 1.29 is 4.52 Å². The smallest absolute Gasteiger partial charge is 0.224 e. The van der Waals surface area contributed by atoms with Gasteiger partial charge in [0, 0.05) is 23.9 Å². The number of rotatable bonds is 5. The van der Waals surface area contributed by atoms with Crippen LogP contribution < -0.4 is 10.6 Å². The molecule has 108 valence electrons. The fraction of sp³-hybridized carbons (Fsp3) is 0.500. The van der Waals surface area contributed by atoms with Crippen LogP contribution in [-0.4, -0.2) is 21.7 Å². The first kappa shape index (κ1) is 14.3. The molecule has 6 nitrogen and oxygen atoms in total. The Hall–Kier alpha value is -2.11. The van der Waals surface area contributed by atoms with E-state index in [4.69, 9.17) is 4.52 Å². The fourth-order valence-corrected chi connectivity index (χ4v) is 2.28. The van der Waals surface area contributed by atoms with Crippen molar-refractivity contribution >= 4 is 11.8 Å². The van der Waals surface area contributed by atoms with Crippen molar-refractivity contribution in [3.63, 3.8) is 0 Å². The van der Waals surface area contributed by atoms with E-state index in [1.807, 2.05) is 33.8 Å². The fourth-order valence-electron chi connectivity index (χ4n) is 2.28. The van der Waals surface area contributed by atoms with Gasteiger partial charge in [-0.15, -0.1) is 0 Å². The van der Waals surface area contributed by atoms with E-state index in [9.17, 15) is 0 Å². The zero-order valence-electron chi connectivity index (χ0n) is 12.6. The van der Waals surface area contributed by atoms with Crippen LogP contribution in [0, 0.1) is 20.8 Å². The van der Waals surface area contributed by atoms with Gasteiger partial charge in [-0.25, -0.2) is 4.98 Å². The lowest BCUT2D eigenvalue weighted by molar-refractivity contribution is 0.392. The highest BCUT2D eigenvalue weighted by Crippen LogP contribution is 2.24. The molecule has 2 N–H and O–H groups in total. The third kappa shape index (κ3) is 3.07. The van der Waals surface area contributed by atoms with Crippen molar-refractivity contribution in [1.29, 1.82) is 0 Å². The van der Waals surface area contributed by atoms with Crippen LogP contribution in [0.3, 0.4) is 0 Å². The van der Waals surface area contributed by atoms with Crippen molar-refractivity contribution in [3.8, 4) is 0 Å². The maximum Gasteiger partial charge on any atom is 0.224 e. The van der Waals surface area contributed by atoms with E-state index in [1.165, 1.54) is 0 Å². The van der Waals surface area contributed by atoms with Crippen LogP contribution in [-0.2, 0) is 0 Å². The van der Waals surface area contributed by atoms with E-state index in [0.717, 1.165) is 35.1 Å². The maximum atomic E-state index is 5.21. The first-order valence-electron chi connectivity index (χ1n) is 6.80. The summed E-state index contributed by atoms with van der Waals surface area (Å²) in [6.07, 6.45) is 0. The van der Waals surface area contributed by atoms with E-state index in [0.29, 0.717) is 5.95 Å². The van der Waals surface area contributed by atoms with E-state index in [1.54, 1.807) is 0 Å². The first-order chi connectivity index (χ1) is 9.51. The molecule has 2 rings (SSSR count). The first-order valence-corrected chi connectivity index (χ1v) is 6.80. The molecule has 0 aromatic carbocycles. The van der Waals surface area contributed by atoms with Crippen molar-refractivity contribution in [1.82, 2.24) is 15.1 Å². The van der Waals surface area contributed by atoms with Crippen LogP contribution in [0.15, 0.2) is 10.6 Å². The average Bonchev–Trinajstić information content (AvgIpc) is 2.68. The minimum Gasteiger partial charge on any atom is -0.363 e. The monoisotopic (exact) mass is 275 g/mol. The Morgan fingerprint density at radius 1 is 1.25 bits per heavy atom. The number of nitrogens with zero attached hydrogens (tertiary/aromatic N) is 3. The Morgan fingerprint density at radius 2 is 2.00 bits per heavy atom. The molecule has 6 heteroatoms. The normalized spacial score (nSPS) is 12.2. The third-order valence-electron chi connectivity index (χ3n) is 3.08. The predicted molar refractivity (Wildman–Crippen MR) is 78.9 cm³/mol. The number of hydrogen-bond donors (Lipinski definition) is 2. The zero-order valence-corrected chi connectivity index (χ0v) is 12.6. The SMILES string of the molecule is CCNc1nc(C)cc(NC(C)c2c(C)noc2C)n1. The summed E-state index contributed by atoms with van der Waals surface area (Å²) >= 11 is 0. The second-order valence-corrected chi connectivity index (χ2v) is 4.85. The van der Waals surface area contributed by atoms with E-state index in [-0.39, 0.29) is 6.04 Å².